The molecule has 3 atom stereocenters. The van der Waals surface area contributed by atoms with Gasteiger partial charge in [0, 0.05) is 29.7 Å². The molecule has 1 N–H and O–H groups in total. The summed E-state index contributed by atoms with van der Waals surface area (Å²) >= 11 is 0. The molecule has 0 unspecified atom stereocenters. The van der Waals surface area contributed by atoms with Gasteiger partial charge < -0.3 is 10.1 Å². The third-order valence-electron chi connectivity index (χ3n) is 5.03. The second kappa shape index (κ2) is 9.25. The van der Waals surface area contributed by atoms with Crippen molar-refractivity contribution in [3.8, 4) is 0 Å². The fourth-order valence-corrected chi connectivity index (χ4v) is 3.44. The summed E-state index contributed by atoms with van der Waals surface area (Å²) in [6.45, 7) is 3.24. The number of carbonyl (C=O) groups is 3. The third-order valence-corrected chi connectivity index (χ3v) is 5.03. The van der Waals surface area contributed by atoms with Gasteiger partial charge in [-0.25, -0.2) is 0 Å². The van der Waals surface area contributed by atoms with E-state index in [1.165, 1.54) is 0 Å². The number of benzene rings is 1. The van der Waals surface area contributed by atoms with E-state index in [9.17, 15) is 24.5 Å². The molecule has 8 heteroatoms. The first kappa shape index (κ1) is 20.5. The van der Waals surface area contributed by atoms with Crippen molar-refractivity contribution >= 4 is 17.7 Å². The highest BCUT2D eigenvalue weighted by molar-refractivity contribution is 5.88. The lowest BCUT2D eigenvalue weighted by atomic mass is 9.88. The van der Waals surface area contributed by atoms with Crippen molar-refractivity contribution in [3.05, 3.63) is 45.5 Å². The summed E-state index contributed by atoms with van der Waals surface area (Å²) < 4.78 is 4.95. The quantitative estimate of drug-likeness (QED) is 0.419. The molecule has 0 bridgehead atoms. The van der Waals surface area contributed by atoms with Crippen molar-refractivity contribution in [2.75, 3.05) is 13.2 Å². The SMILES string of the molecule is Cc1ccccc1CNC(=O)COC(=O)C[C@H]1C(=O)C[C@@H](C)[C@H]1C[N+](=O)[O-]. The van der Waals surface area contributed by atoms with Gasteiger partial charge in [-0.2, -0.15) is 0 Å². The van der Waals surface area contributed by atoms with Gasteiger partial charge >= 0.3 is 5.97 Å². The van der Waals surface area contributed by atoms with Crippen molar-refractivity contribution in [2.45, 2.75) is 33.2 Å². The van der Waals surface area contributed by atoms with Crippen LogP contribution in [-0.2, 0) is 25.7 Å². The van der Waals surface area contributed by atoms with Crippen LogP contribution in [0.1, 0.15) is 30.9 Å². The number of Topliss-reactive ketones (excluding diaryl/α,β-unsaturated/α-hetero) is 1. The summed E-state index contributed by atoms with van der Waals surface area (Å²) in [6.07, 6.45) is 0.000119. The molecular formula is C19H24N2O6. The largest absolute Gasteiger partial charge is 0.456 e. The van der Waals surface area contributed by atoms with E-state index in [-0.39, 0.29) is 31.1 Å². The van der Waals surface area contributed by atoms with Gasteiger partial charge in [0.25, 0.3) is 5.91 Å². The Morgan fingerprint density at radius 3 is 2.70 bits per heavy atom. The number of esters is 1. The average Bonchev–Trinajstić information content (AvgIpc) is 2.85. The number of nitrogens with zero attached hydrogens (tertiary/aromatic N) is 1. The standard InChI is InChI=1S/C19H24N2O6/c1-12-5-3-4-6-14(12)9-20-18(23)11-27-19(24)8-15-16(10-21(25)26)13(2)7-17(15)22/h3-6,13,15-16H,7-11H2,1-2H3,(H,20,23)/t13-,15-,16-/m1/s1. The molecule has 1 aromatic rings. The first-order valence-corrected chi connectivity index (χ1v) is 8.89. The summed E-state index contributed by atoms with van der Waals surface area (Å²) in [6, 6.07) is 7.60. The summed E-state index contributed by atoms with van der Waals surface area (Å²) in [5.41, 5.74) is 2.01. The molecule has 0 heterocycles. The number of nitro groups is 1. The van der Waals surface area contributed by atoms with E-state index in [0.717, 1.165) is 11.1 Å². The number of carbonyl (C=O) groups excluding carboxylic acids is 3. The lowest BCUT2D eigenvalue weighted by Gasteiger charge is -2.17. The number of rotatable bonds is 8. The van der Waals surface area contributed by atoms with Crippen molar-refractivity contribution in [3.63, 3.8) is 0 Å². The van der Waals surface area contributed by atoms with E-state index in [2.05, 4.69) is 5.32 Å². The van der Waals surface area contributed by atoms with Crippen LogP contribution >= 0.6 is 0 Å². The zero-order valence-corrected chi connectivity index (χ0v) is 15.5. The van der Waals surface area contributed by atoms with Gasteiger partial charge in [0.2, 0.25) is 6.54 Å². The highest BCUT2D eigenvalue weighted by Gasteiger charge is 2.44. The number of ether oxygens (including phenoxy) is 1. The van der Waals surface area contributed by atoms with Gasteiger partial charge in [0.05, 0.1) is 6.42 Å². The van der Waals surface area contributed by atoms with E-state index < -0.39 is 35.2 Å². The van der Waals surface area contributed by atoms with Gasteiger partial charge in [-0.1, -0.05) is 31.2 Å². The fourth-order valence-electron chi connectivity index (χ4n) is 3.44. The Morgan fingerprint density at radius 2 is 2.04 bits per heavy atom. The summed E-state index contributed by atoms with van der Waals surface area (Å²) in [4.78, 5) is 46.2. The van der Waals surface area contributed by atoms with Crippen LogP contribution in [0.4, 0.5) is 0 Å². The highest BCUT2D eigenvalue weighted by atomic mass is 16.6. The maximum atomic E-state index is 12.0. The molecule has 0 aromatic heterocycles. The van der Waals surface area contributed by atoms with Crippen molar-refractivity contribution in [1.82, 2.24) is 5.32 Å². The molecule has 1 aliphatic carbocycles. The van der Waals surface area contributed by atoms with Crippen LogP contribution in [0.25, 0.3) is 0 Å². The number of aryl methyl sites for hydroxylation is 1. The Balaban J connectivity index is 1.79. The smallest absolute Gasteiger partial charge is 0.307 e. The molecule has 1 amide bonds. The molecule has 27 heavy (non-hydrogen) atoms. The van der Waals surface area contributed by atoms with Gasteiger partial charge in [-0.3, -0.25) is 24.5 Å². The van der Waals surface area contributed by atoms with Gasteiger partial charge in [0.15, 0.2) is 6.61 Å². The minimum absolute atomic E-state index is 0.141. The zero-order chi connectivity index (χ0) is 20.0. The first-order valence-electron chi connectivity index (χ1n) is 8.89. The molecule has 0 aliphatic heterocycles. The molecule has 2 rings (SSSR count). The summed E-state index contributed by atoms with van der Waals surface area (Å²) in [5, 5.41) is 13.5. The molecule has 0 saturated heterocycles. The number of nitrogens with one attached hydrogen (secondary N) is 1. The third kappa shape index (κ3) is 5.87. The van der Waals surface area contributed by atoms with Gasteiger partial charge in [-0.15, -0.1) is 0 Å². The molecule has 1 aliphatic rings. The molecule has 8 nitrogen and oxygen atoms in total. The van der Waals surface area contributed by atoms with Crippen molar-refractivity contribution < 1.29 is 24.0 Å². The van der Waals surface area contributed by atoms with Crippen molar-refractivity contribution in [1.29, 1.82) is 0 Å². The predicted molar refractivity (Wildman–Crippen MR) is 96.2 cm³/mol. The Kier molecular flexibility index (Phi) is 7.04. The Bertz CT molecular complexity index is 733. The van der Waals surface area contributed by atoms with Crippen LogP contribution in [0, 0.1) is 34.8 Å². The second-order valence-electron chi connectivity index (χ2n) is 7.00. The van der Waals surface area contributed by atoms with Gasteiger partial charge in [0.1, 0.15) is 5.78 Å². The maximum Gasteiger partial charge on any atom is 0.307 e. The number of hydrogen-bond donors (Lipinski definition) is 1. The van der Waals surface area contributed by atoms with Crippen LogP contribution in [0.2, 0.25) is 0 Å². The van der Waals surface area contributed by atoms with Crippen molar-refractivity contribution in [2.24, 2.45) is 17.8 Å². The molecular weight excluding hydrogens is 352 g/mol. The molecule has 1 fully saturated rings. The topological polar surface area (TPSA) is 116 Å². The lowest BCUT2D eigenvalue weighted by molar-refractivity contribution is -0.490. The average molecular weight is 376 g/mol. The van der Waals surface area contributed by atoms with Crippen LogP contribution in [-0.4, -0.2) is 35.7 Å². The zero-order valence-electron chi connectivity index (χ0n) is 15.5. The summed E-state index contributed by atoms with van der Waals surface area (Å²) in [5.74, 6) is -2.63. The number of hydrogen-bond acceptors (Lipinski definition) is 6. The van der Waals surface area contributed by atoms with E-state index in [1.54, 1.807) is 6.92 Å². The van der Waals surface area contributed by atoms with E-state index in [4.69, 9.17) is 4.74 Å². The summed E-state index contributed by atoms with van der Waals surface area (Å²) in [7, 11) is 0. The van der Waals surface area contributed by atoms with Crippen LogP contribution in [0.5, 0.6) is 0 Å². The lowest BCUT2D eigenvalue weighted by Crippen LogP contribution is -2.31. The minimum atomic E-state index is -0.715. The van der Waals surface area contributed by atoms with Crippen LogP contribution in [0.3, 0.4) is 0 Å². The second-order valence-corrected chi connectivity index (χ2v) is 7.00. The van der Waals surface area contributed by atoms with E-state index >= 15 is 0 Å². The Hall–Kier alpha value is -2.77. The normalized spacial score (nSPS) is 21.7. The fraction of sp³-hybridized carbons (Fsp3) is 0.526. The predicted octanol–water partition coefficient (Wildman–Crippen LogP) is 1.66. The van der Waals surface area contributed by atoms with E-state index in [1.807, 2.05) is 31.2 Å². The maximum absolute atomic E-state index is 12.0. The highest BCUT2D eigenvalue weighted by Crippen LogP contribution is 2.36. The minimum Gasteiger partial charge on any atom is -0.456 e. The van der Waals surface area contributed by atoms with Crippen LogP contribution in [0.15, 0.2) is 24.3 Å². The molecule has 0 radical (unpaired) electrons. The first-order chi connectivity index (χ1) is 12.8. The molecule has 0 spiro atoms. The Morgan fingerprint density at radius 1 is 1.33 bits per heavy atom. The van der Waals surface area contributed by atoms with Crippen LogP contribution < -0.4 is 5.32 Å². The molecule has 1 aromatic carbocycles. The number of amides is 1. The van der Waals surface area contributed by atoms with Gasteiger partial charge in [-0.05, 0) is 24.0 Å². The molecule has 146 valence electrons. The monoisotopic (exact) mass is 376 g/mol. The Labute approximate surface area is 157 Å². The number of ketones is 1. The van der Waals surface area contributed by atoms with E-state index in [0.29, 0.717) is 6.54 Å². The molecule has 1 saturated carbocycles.